The van der Waals surface area contributed by atoms with Crippen LogP contribution in [0.5, 0.6) is 5.75 Å². The van der Waals surface area contributed by atoms with Crippen molar-refractivity contribution < 1.29 is 14.3 Å². The zero-order valence-electron chi connectivity index (χ0n) is 22.6. The number of carbonyl (C=O) groups is 1. The molecular formula is C32H38FN3O2. The minimum atomic E-state index is -0.419. The summed E-state index contributed by atoms with van der Waals surface area (Å²) >= 11 is 0. The van der Waals surface area contributed by atoms with Gasteiger partial charge in [-0.2, -0.15) is 0 Å². The van der Waals surface area contributed by atoms with Gasteiger partial charge in [0.2, 0.25) is 0 Å². The van der Waals surface area contributed by atoms with E-state index in [9.17, 15) is 14.3 Å². The summed E-state index contributed by atoms with van der Waals surface area (Å²) in [6, 6.07) is 21.5. The van der Waals surface area contributed by atoms with E-state index in [1.54, 1.807) is 35.2 Å². The molecule has 5 nitrogen and oxygen atoms in total. The first-order chi connectivity index (χ1) is 18.3. The Balaban J connectivity index is 1.82. The number of aromatic hydroxyl groups is 1. The van der Waals surface area contributed by atoms with Gasteiger partial charge >= 0.3 is 0 Å². The summed E-state index contributed by atoms with van der Waals surface area (Å²) in [6.45, 7) is 13.2. The Kier molecular flexibility index (Phi) is 8.97. The van der Waals surface area contributed by atoms with Crippen molar-refractivity contribution in [2.75, 3.05) is 31.1 Å². The lowest BCUT2D eigenvalue weighted by Crippen LogP contribution is -2.57. The molecule has 0 bridgehead atoms. The zero-order chi connectivity index (χ0) is 27.2. The van der Waals surface area contributed by atoms with E-state index < -0.39 is 5.82 Å². The van der Waals surface area contributed by atoms with Gasteiger partial charge in [0.25, 0.3) is 5.91 Å². The lowest BCUT2D eigenvalue weighted by Gasteiger charge is -2.47. The summed E-state index contributed by atoms with van der Waals surface area (Å²) in [6.07, 6.45) is 2.63. The fourth-order valence-electron chi connectivity index (χ4n) is 5.55. The molecule has 3 aromatic carbocycles. The molecule has 0 unspecified atom stereocenters. The van der Waals surface area contributed by atoms with Gasteiger partial charge in [0, 0.05) is 43.8 Å². The quantitative estimate of drug-likeness (QED) is 0.342. The number of anilines is 1. The number of amides is 1. The minimum Gasteiger partial charge on any atom is -0.508 e. The number of piperazine rings is 1. The second kappa shape index (κ2) is 12.4. The Morgan fingerprint density at radius 2 is 1.82 bits per heavy atom. The van der Waals surface area contributed by atoms with Crippen LogP contribution in [0.2, 0.25) is 0 Å². The van der Waals surface area contributed by atoms with Gasteiger partial charge in [-0.15, -0.1) is 6.58 Å². The molecule has 3 atom stereocenters. The van der Waals surface area contributed by atoms with E-state index >= 15 is 0 Å². The molecule has 0 spiro atoms. The number of para-hydroxylation sites is 1. The van der Waals surface area contributed by atoms with Crippen molar-refractivity contribution in [2.24, 2.45) is 0 Å². The molecule has 0 saturated carbocycles. The summed E-state index contributed by atoms with van der Waals surface area (Å²) in [5, 5.41) is 10.4. The van der Waals surface area contributed by atoms with E-state index in [2.05, 4.69) is 30.2 Å². The summed E-state index contributed by atoms with van der Waals surface area (Å²) in [5.41, 5.74) is 2.57. The highest BCUT2D eigenvalue weighted by Crippen LogP contribution is 2.37. The Bertz CT molecular complexity index is 1260. The standard InChI is InChI=1S/C32H38FN3O2/c1-5-18-34-21-24(4)36(22-23(34)3)31(25-12-11-13-26(37)20-25)27-14-7-8-15-28(27)32(38)35(19-6-2)30-17-10-9-16-29(30)33/h5,7-17,20,23-24,31,37H,1,6,18-19,21-22H2,2-4H3/t23-,24+,31-/m1/s1. The van der Waals surface area contributed by atoms with Crippen LogP contribution in [-0.4, -0.2) is 59.1 Å². The maximum Gasteiger partial charge on any atom is 0.258 e. The highest BCUT2D eigenvalue weighted by atomic mass is 19.1. The molecular weight excluding hydrogens is 477 g/mol. The molecule has 4 rings (SSSR count). The predicted molar refractivity (Wildman–Crippen MR) is 152 cm³/mol. The topological polar surface area (TPSA) is 47.0 Å². The lowest BCUT2D eigenvalue weighted by molar-refractivity contribution is 0.0304. The first-order valence-electron chi connectivity index (χ1n) is 13.4. The highest BCUT2D eigenvalue weighted by molar-refractivity contribution is 6.07. The van der Waals surface area contributed by atoms with Gasteiger partial charge in [-0.05, 0) is 61.7 Å². The molecule has 0 aromatic heterocycles. The van der Waals surface area contributed by atoms with Crippen LogP contribution in [-0.2, 0) is 0 Å². The number of rotatable bonds is 9. The number of halogens is 1. The monoisotopic (exact) mass is 515 g/mol. The number of phenolic OH excluding ortho intramolecular Hbond substituents is 1. The third-order valence-corrected chi connectivity index (χ3v) is 7.37. The van der Waals surface area contributed by atoms with E-state index in [4.69, 9.17) is 0 Å². The van der Waals surface area contributed by atoms with Gasteiger partial charge in [0.05, 0.1) is 11.7 Å². The fourth-order valence-corrected chi connectivity index (χ4v) is 5.55. The van der Waals surface area contributed by atoms with E-state index in [-0.39, 0.29) is 35.5 Å². The predicted octanol–water partition coefficient (Wildman–Crippen LogP) is 6.26. The molecule has 6 heteroatoms. The number of nitrogens with zero attached hydrogens (tertiary/aromatic N) is 3. The second-order valence-corrected chi connectivity index (χ2v) is 10.1. The minimum absolute atomic E-state index is 0.181. The molecule has 200 valence electrons. The average Bonchev–Trinajstić information content (AvgIpc) is 2.91. The van der Waals surface area contributed by atoms with Crippen LogP contribution in [0.25, 0.3) is 0 Å². The number of benzene rings is 3. The molecule has 38 heavy (non-hydrogen) atoms. The largest absolute Gasteiger partial charge is 0.508 e. The van der Waals surface area contributed by atoms with Crippen LogP contribution in [0.3, 0.4) is 0 Å². The van der Waals surface area contributed by atoms with Crippen LogP contribution < -0.4 is 4.90 Å². The molecule has 1 heterocycles. The third-order valence-electron chi connectivity index (χ3n) is 7.37. The second-order valence-electron chi connectivity index (χ2n) is 10.1. The van der Waals surface area contributed by atoms with Gasteiger partial charge in [0.1, 0.15) is 11.6 Å². The highest BCUT2D eigenvalue weighted by Gasteiger charge is 2.36. The van der Waals surface area contributed by atoms with Gasteiger partial charge < -0.3 is 10.0 Å². The van der Waals surface area contributed by atoms with E-state index in [0.717, 1.165) is 30.8 Å². The van der Waals surface area contributed by atoms with Crippen molar-refractivity contribution in [3.63, 3.8) is 0 Å². The van der Waals surface area contributed by atoms with Crippen molar-refractivity contribution in [1.29, 1.82) is 0 Å². The average molecular weight is 516 g/mol. The third kappa shape index (κ3) is 5.82. The summed E-state index contributed by atoms with van der Waals surface area (Å²) in [5.74, 6) is -0.470. The molecule has 1 amide bonds. The van der Waals surface area contributed by atoms with Gasteiger partial charge in [0.15, 0.2) is 0 Å². The number of carbonyl (C=O) groups excluding carboxylic acids is 1. The van der Waals surface area contributed by atoms with E-state index in [1.165, 1.54) is 6.07 Å². The first-order valence-corrected chi connectivity index (χ1v) is 13.4. The van der Waals surface area contributed by atoms with Gasteiger partial charge in [-0.1, -0.05) is 55.5 Å². The zero-order valence-corrected chi connectivity index (χ0v) is 22.6. The van der Waals surface area contributed by atoms with Crippen molar-refractivity contribution in [3.05, 3.63) is 108 Å². The Hall–Kier alpha value is -3.48. The molecule has 0 radical (unpaired) electrons. The van der Waals surface area contributed by atoms with Crippen LogP contribution in [0.1, 0.15) is 54.7 Å². The Morgan fingerprint density at radius 3 is 2.53 bits per heavy atom. The smallest absolute Gasteiger partial charge is 0.258 e. The van der Waals surface area contributed by atoms with Crippen molar-refractivity contribution in [3.8, 4) is 5.75 Å². The van der Waals surface area contributed by atoms with E-state index in [1.807, 2.05) is 49.4 Å². The van der Waals surface area contributed by atoms with Gasteiger partial charge in [-0.3, -0.25) is 14.6 Å². The van der Waals surface area contributed by atoms with Crippen LogP contribution >= 0.6 is 0 Å². The van der Waals surface area contributed by atoms with Crippen LogP contribution in [0.4, 0.5) is 10.1 Å². The number of phenols is 1. The maximum atomic E-state index is 14.9. The normalized spacial score (nSPS) is 19.2. The fraction of sp³-hybridized carbons (Fsp3) is 0.344. The van der Waals surface area contributed by atoms with Crippen molar-refractivity contribution in [1.82, 2.24) is 9.80 Å². The number of hydrogen-bond donors (Lipinski definition) is 1. The summed E-state index contributed by atoms with van der Waals surface area (Å²) in [4.78, 5) is 20.5. The first kappa shape index (κ1) is 27.6. The Labute approximate surface area is 225 Å². The molecule has 0 aliphatic carbocycles. The van der Waals surface area contributed by atoms with Crippen LogP contribution in [0, 0.1) is 5.82 Å². The maximum absolute atomic E-state index is 14.9. The molecule has 1 saturated heterocycles. The molecule has 1 aliphatic rings. The van der Waals surface area contributed by atoms with Crippen LogP contribution in [0.15, 0.2) is 85.5 Å². The lowest BCUT2D eigenvalue weighted by atomic mass is 9.89. The molecule has 1 aliphatic heterocycles. The SMILES string of the molecule is C=CCN1C[C@H](C)N([C@H](c2cccc(O)c2)c2ccccc2C(=O)N(CCC)c2ccccc2F)C[C@H]1C. The summed E-state index contributed by atoms with van der Waals surface area (Å²) in [7, 11) is 0. The number of hydrogen-bond acceptors (Lipinski definition) is 4. The van der Waals surface area contributed by atoms with Crippen molar-refractivity contribution >= 4 is 11.6 Å². The molecule has 1 fully saturated rings. The van der Waals surface area contributed by atoms with Gasteiger partial charge in [-0.25, -0.2) is 4.39 Å². The van der Waals surface area contributed by atoms with Crippen molar-refractivity contribution in [2.45, 2.75) is 45.3 Å². The Morgan fingerprint density at radius 1 is 1.08 bits per heavy atom. The summed E-state index contributed by atoms with van der Waals surface area (Å²) < 4.78 is 14.9. The molecule has 3 aromatic rings. The molecule has 1 N–H and O–H groups in total. The van der Waals surface area contributed by atoms with E-state index in [0.29, 0.717) is 18.5 Å².